The first-order chi connectivity index (χ1) is 13.5. The average Bonchev–Trinajstić information content (AvgIpc) is 2.68. The molecule has 1 aromatic carbocycles. The van der Waals surface area contributed by atoms with E-state index in [0.29, 0.717) is 30.2 Å². The molecule has 0 unspecified atom stereocenters. The normalized spacial score (nSPS) is 11.2. The summed E-state index contributed by atoms with van der Waals surface area (Å²) < 4.78 is 5.71. The third kappa shape index (κ3) is 5.12. The summed E-state index contributed by atoms with van der Waals surface area (Å²) in [5.74, 6) is 7.42. The van der Waals surface area contributed by atoms with Gasteiger partial charge in [0.2, 0.25) is 0 Å². The Bertz CT molecular complexity index is 943. The maximum atomic E-state index is 6.06. The van der Waals surface area contributed by atoms with Crippen molar-refractivity contribution in [3.05, 3.63) is 83.8 Å². The second-order valence-electron chi connectivity index (χ2n) is 6.19. The Hall–Kier alpha value is -3.78. The maximum absolute atomic E-state index is 6.06. The van der Waals surface area contributed by atoms with E-state index in [1.807, 2.05) is 42.5 Å². The van der Waals surface area contributed by atoms with Gasteiger partial charge >= 0.3 is 0 Å². The van der Waals surface area contributed by atoms with E-state index in [2.05, 4.69) is 9.97 Å². The maximum Gasteiger partial charge on any atom is 0.135 e. The number of rotatable bonds is 7. The highest BCUT2D eigenvalue weighted by atomic mass is 16.5. The van der Waals surface area contributed by atoms with Crippen LogP contribution in [0.5, 0.6) is 5.75 Å². The van der Waals surface area contributed by atoms with Crippen LogP contribution in [0.2, 0.25) is 0 Å². The van der Waals surface area contributed by atoms with E-state index in [4.69, 9.17) is 27.8 Å². The van der Waals surface area contributed by atoms with Crippen molar-refractivity contribution in [2.75, 3.05) is 11.5 Å². The smallest absolute Gasteiger partial charge is 0.135 e. The van der Waals surface area contributed by atoms with Gasteiger partial charge in [0, 0.05) is 23.5 Å². The van der Waals surface area contributed by atoms with Crippen LogP contribution in [0, 0.1) is 0 Å². The highest BCUT2D eigenvalue weighted by Gasteiger charge is 2.06. The van der Waals surface area contributed by atoms with Gasteiger partial charge in [0.25, 0.3) is 0 Å². The molecule has 3 rings (SSSR count). The van der Waals surface area contributed by atoms with Crippen LogP contribution >= 0.6 is 0 Å². The van der Waals surface area contributed by atoms with Crippen LogP contribution in [0.4, 0.5) is 11.6 Å². The number of aromatic nitrogens is 2. The van der Waals surface area contributed by atoms with Crippen LogP contribution in [-0.4, -0.2) is 15.0 Å². The molecule has 144 valence electrons. The minimum Gasteiger partial charge on any atom is -0.489 e. The van der Waals surface area contributed by atoms with Gasteiger partial charge in [-0.05, 0) is 30.3 Å². The third-order valence-electron chi connectivity index (χ3n) is 3.94. The van der Waals surface area contributed by atoms with Crippen LogP contribution in [-0.2, 0) is 13.2 Å². The molecule has 0 radical (unpaired) electrons. The van der Waals surface area contributed by atoms with E-state index in [1.54, 1.807) is 24.5 Å². The second kappa shape index (κ2) is 8.74. The van der Waals surface area contributed by atoms with Gasteiger partial charge in [-0.2, -0.15) is 0 Å². The molecule has 0 atom stereocenters. The lowest BCUT2D eigenvalue weighted by atomic mass is 10.2. The van der Waals surface area contributed by atoms with Gasteiger partial charge in [-0.15, -0.1) is 0 Å². The van der Waals surface area contributed by atoms with Crippen molar-refractivity contribution in [1.82, 2.24) is 15.0 Å². The molecule has 8 nitrogen and oxygen atoms in total. The van der Waals surface area contributed by atoms with Gasteiger partial charge in [0.15, 0.2) is 0 Å². The largest absolute Gasteiger partial charge is 0.489 e. The van der Waals surface area contributed by atoms with Crippen molar-refractivity contribution in [3.63, 3.8) is 0 Å². The van der Waals surface area contributed by atoms with Crippen molar-refractivity contribution >= 4 is 17.3 Å². The van der Waals surface area contributed by atoms with Crippen LogP contribution in [0.3, 0.4) is 0 Å². The molecule has 3 aromatic rings. The number of nitrogens with two attached hydrogens (primary N) is 4. The molecule has 0 saturated heterocycles. The van der Waals surface area contributed by atoms with Gasteiger partial charge < -0.3 is 26.9 Å². The van der Waals surface area contributed by atoms with Gasteiger partial charge in [-0.3, -0.25) is 4.98 Å². The van der Waals surface area contributed by atoms with Gasteiger partial charge in [-0.25, -0.2) is 10.8 Å². The van der Waals surface area contributed by atoms with Crippen LogP contribution in [0.1, 0.15) is 16.8 Å². The monoisotopic (exact) mass is 377 g/mol. The van der Waals surface area contributed by atoms with Crippen molar-refractivity contribution in [3.8, 4) is 5.75 Å². The Labute approximate surface area is 163 Å². The molecule has 0 fully saturated rings. The van der Waals surface area contributed by atoms with Crippen molar-refractivity contribution < 1.29 is 4.74 Å². The molecule has 0 bridgehead atoms. The standard InChI is InChI=1S/C20H23N7O/c21-18(17-8-9-19(22)26-20(17)23)12-27(24)11-15-7-6-14(10-25-15)13-28-16-4-2-1-3-5-16/h1-10,12H,11,13,21,24H2,(H4,22,23,26)/b18-12-. The summed E-state index contributed by atoms with van der Waals surface area (Å²) >= 11 is 0. The molecular formula is C20H23N7O. The molecule has 0 aliphatic heterocycles. The predicted octanol–water partition coefficient (Wildman–Crippen LogP) is 1.85. The summed E-state index contributed by atoms with van der Waals surface area (Å²) in [5, 5.41) is 1.44. The Morgan fingerprint density at radius 3 is 2.50 bits per heavy atom. The van der Waals surface area contributed by atoms with Crippen LogP contribution in [0.25, 0.3) is 5.70 Å². The zero-order valence-corrected chi connectivity index (χ0v) is 15.3. The van der Waals surface area contributed by atoms with Gasteiger partial charge in [-0.1, -0.05) is 24.3 Å². The Morgan fingerprint density at radius 2 is 1.82 bits per heavy atom. The highest BCUT2D eigenvalue weighted by molar-refractivity contribution is 5.71. The fourth-order valence-corrected chi connectivity index (χ4v) is 2.53. The Kier molecular flexibility index (Phi) is 5.93. The summed E-state index contributed by atoms with van der Waals surface area (Å²) in [6, 6.07) is 16.8. The summed E-state index contributed by atoms with van der Waals surface area (Å²) in [6.45, 7) is 0.822. The molecule has 0 aliphatic rings. The highest BCUT2D eigenvalue weighted by Crippen LogP contribution is 2.17. The minimum absolute atomic E-state index is 0.253. The number of hydrogen-bond donors (Lipinski definition) is 4. The summed E-state index contributed by atoms with van der Waals surface area (Å²) in [7, 11) is 0. The zero-order valence-electron chi connectivity index (χ0n) is 15.3. The lowest BCUT2D eigenvalue weighted by Crippen LogP contribution is -2.26. The molecule has 8 N–H and O–H groups in total. The van der Waals surface area contributed by atoms with E-state index in [1.165, 1.54) is 5.01 Å². The molecule has 0 amide bonds. The lowest BCUT2D eigenvalue weighted by molar-refractivity contribution is 0.305. The third-order valence-corrected chi connectivity index (χ3v) is 3.94. The molecule has 0 aliphatic carbocycles. The SMILES string of the molecule is N/C(=C\N(N)Cc1ccc(COc2ccccc2)cn1)c1ccc(N)nc1N. The van der Waals surface area contributed by atoms with Crippen molar-refractivity contribution in [2.45, 2.75) is 13.2 Å². The molecule has 8 heteroatoms. The number of benzene rings is 1. The Morgan fingerprint density at radius 1 is 1.04 bits per heavy atom. The molecule has 0 saturated carbocycles. The fourth-order valence-electron chi connectivity index (χ4n) is 2.53. The number of anilines is 2. The first kappa shape index (κ1) is 19.0. The number of nitrogens with zero attached hydrogens (tertiary/aromatic N) is 3. The van der Waals surface area contributed by atoms with Crippen LogP contribution in [0.15, 0.2) is 67.0 Å². The molecule has 28 heavy (non-hydrogen) atoms. The summed E-state index contributed by atoms with van der Waals surface area (Å²) in [5.41, 5.74) is 20.2. The molecule has 2 aromatic heterocycles. The minimum atomic E-state index is 0.253. The average molecular weight is 377 g/mol. The number of ether oxygens (including phenoxy) is 1. The quantitative estimate of drug-likeness (QED) is 0.361. The number of nitrogen functional groups attached to an aromatic ring is 2. The zero-order chi connectivity index (χ0) is 19.9. The molecular weight excluding hydrogens is 354 g/mol. The van der Waals surface area contributed by atoms with Crippen molar-refractivity contribution in [2.24, 2.45) is 11.6 Å². The molecule has 0 spiro atoms. The van der Waals surface area contributed by atoms with Crippen LogP contribution < -0.4 is 27.8 Å². The van der Waals surface area contributed by atoms with E-state index in [-0.39, 0.29) is 5.82 Å². The first-order valence-electron chi connectivity index (χ1n) is 8.64. The molecule has 2 heterocycles. The predicted molar refractivity (Wildman–Crippen MR) is 110 cm³/mol. The fraction of sp³-hybridized carbons (Fsp3) is 0.100. The van der Waals surface area contributed by atoms with Gasteiger partial charge in [0.05, 0.1) is 17.9 Å². The number of para-hydroxylation sites is 1. The Balaban J connectivity index is 1.58. The van der Waals surface area contributed by atoms with Gasteiger partial charge in [0.1, 0.15) is 24.0 Å². The first-order valence-corrected chi connectivity index (χ1v) is 8.64. The summed E-state index contributed by atoms with van der Waals surface area (Å²) in [6.07, 6.45) is 3.35. The lowest BCUT2D eigenvalue weighted by Gasteiger charge is -2.15. The van der Waals surface area contributed by atoms with E-state index < -0.39 is 0 Å². The van der Waals surface area contributed by atoms with E-state index in [9.17, 15) is 0 Å². The van der Waals surface area contributed by atoms with E-state index in [0.717, 1.165) is 17.0 Å². The summed E-state index contributed by atoms with van der Waals surface area (Å²) in [4.78, 5) is 8.40. The number of hydrogen-bond acceptors (Lipinski definition) is 8. The topological polar surface area (TPSA) is 142 Å². The number of hydrazine groups is 1. The second-order valence-corrected chi connectivity index (χ2v) is 6.19. The van der Waals surface area contributed by atoms with E-state index >= 15 is 0 Å². The number of pyridine rings is 2. The van der Waals surface area contributed by atoms with Crippen molar-refractivity contribution in [1.29, 1.82) is 0 Å².